The third kappa shape index (κ3) is 3.46. The predicted molar refractivity (Wildman–Crippen MR) is 96.9 cm³/mol. The zero-order chi connectivity index (χ0) is 17.1. The Morgan fingerprint density at radius 3 is 2.50 bits per heavy atom. The number of carbonyl (C=O) groups is 1. The first-order valence-corrected chi connectivity index (χ1v) is 8.53. The number of aryl methyl sites for hydroxylation is 2. The molecule has 0 unspecified atom stereocenters. The van der Waals surface area contributed by atoms with Gasteiger partial charge in [-0.25, -0.2) is 0 Å². The number of piperazine rings is 1. The molecule has 1 saturated heterocycles. The molecule has 1 fully saturated rings. The van der Waals surface area contributed by atoms with E-state index in [-0.39, 0.29) is 5.91 Å². The van der Waals surface area contributed by atoms with E-state index in [9.17, 15) is 4.79 Å². The second-order valence-electron chi connectivity index (χ2n) is 6.22. The van der Waals surface area contributed by atoms with Gasteiger partial charge in [0.05, 0.1) is 16.9 Å². The van der Waals surface area contributed by atoms with Crippen LogP contribution in [0.15, 0.2) is 34.7 Å². The van der Waals surface area contributed by atoms with Crippen LogP contribution in [0.3, 0.4) is 0 Å². The maximum absolute atomic E-state index is 12.6. The van der Waals surface area contributed by atoms with Crippen molar-refractivity contribution in [1.29, 1.82) is 0 Å². The zero-order valence-electron chi connectivity index (χ0n) is 14.6. The monoisotopic (exact) mass is 327 g/mol. The highest BCUT2D eigenvalue weighted by Gasteiger charge is 2.20. The van der Waals surface area contributed by atoms with E-state index >= 15 is 0 Å². The molecule has 0 bridgehead atoms. The minimum Gasteiger partial charge on any atom is -0.466 e. The van der Waals surface area contributed by atoms with Gasteiger partial charge < -0.3 is 19.5 Å². The Balaban J connectivity index is 1.77. The molecule has 0 spiro atoms. The highest BCUT2D eigenvalue weighted by Crippen LogP contribution is 2.27. The van der Waals surface area contributed by atoms with Crippen LogP contribution in [-0.2, 0) is 0 Å². The van der Waals surface area contributed by atoms with E-state index in [1.165, 1.54) is 0 Å². The van der Waals surface area contributed by atoms with Crippen molar-refractivity contribution in [3.63, 3.8) is 0 Å². The third-order valence-corrected chi connectivity index (χ3v) is 4.60. The fourth-order valence-electron chi connectivity index (χ4n) is 3.21. The summed E-state index contributed by atoms with van der Waals surface area (Å²) in [4.78, 5) is 17.4. The van der Waals surface area contributed by atoms with Gasteiger partial charge in [0.1, 0.15) is 11.5 Å². The average molecular weight is 327 g/mol. The van der Waals surface area contributed by atoms with Crippen molar-refractivity contribution >= 4 is 17.3 Å². The molecule has 128 valence electrons. The smallest absolute Gasteiger partial charge is 0.259 e. The van der Waals surface area contributed by atoms with Gasteiger partial charge in [-0.3, -0.25) is 4.79 Å². The number of anilines is 2. The van der Waals surface area contributed by atoms with E-state index in [2.05, 4.69) is 28.1 Å². The van der Waals surface area contributed by atoms with Gasteiger partial charge in [-0.2, -0.15) is 0 Å². The molecule has 0 aliphatic carbocycles. The van der Waals surface area contributed by atoms with Crippen LogP contribution < -0.4 is 10.2 Å². The normalized spacial score (nSPS) is 15.5. The van der Waals surface area contributed by atoms with E-state index < -0.39 is 0 Å². The summed E-state index contributed by atoms with van der Waals surface area (Å²) in [6.07, 6.45) is 0. The molecule has 1 aliphatic rings. The summed E-state index contributed by atoms with van der Waals surface area (Å²) in [6, 6.07) is 9.79. The number of nitrogens with zero attached hydrogens (tertiary/aromatic N) is 2. The molecule has 0 saturated carbocycles. The van der Waals surface area contributed by atoms with Gasteiger partial charge >= 0.3 is 0 Å². The van der Waals surface area contributed by atoms with Crippen molar-refractivity contribution in [1.82, 2.24) is 4.90 Å². The number of para-hydroxylation sites is 2. The predicted octanol–water partition coefficient (Wildman–Crippen LogP) is 3.29. The number of likely N-dealkylation sites (N-methyl/N-ethyl adjacent to an activating group) is 1. The van der Waals surface area contributed by atoms with Crippen LogP contribution in [0, 0.1) is 13.8 Å². The van der Waals surface area contributed by atoms with Crippen LogP contribution in [0.25, 0.3) is 0 Å². The van der Waals surface area contributed by atoms with Gasteiger partial charge in [-0.05, 0) is 38.6 Å². The van der Waals surface area contributed by atoms with Gasteiger partial charge in [-0.1, -0.05) is 19.1 Å². The number of furan rings is 1. The van der Waals surface area contributed by atoms with Crippen molar-refractivity contribution in [3.05, 3.63) is 47.4 Å². The van der Waals surface area contributed by atoms with Crippen molar-refractivity contribution in [2.75, 3.05) is 42.9 Å². The Labute approximate surface area is 143 Å². The fourth-order valence-corrected chi connectivity index (χ4v) is 3.21. The second kappa shape index (κ2) is 7.09. The molecule has 24 heavy (non-hydrogen) atoms. The maximum atomic E-state index is 12.6. The van der Waals surface area contributed by atoms with Crippen LogP contribution in [0.2, 0.25) is 0 Å². The average Bonchev–Trinajstić information content (AvgIpc) is 2.94. The molecule has 0 radical (unpaired) electrons. The minimum absolute atomic E-state index is 0.121. The molecular weight excluding hydrogens is 302 g/mol. The molecule has 1 aliphatic heterocycles. The van der Waals surface area contributed by atoms with Crippen LogP contribution >= 0.6 is 0 Å². The summed E-state index contributed by atoms with van der Waals surface area (Å²) in [5, 5.41) is 3.05. The Morgan fingerprint density at radius 2 is 1.88 bits per heavy atom. The van der Waals surface area contributed by atoms with E-state index in [4.69, 9.17) is 4.42 Å². The van der Waals surface area contributed by atoms with Gasteiger partial charge in [0.2, 0.25) is 0 Å². The SMILES string of the molecule is CCN1CCN(c2ccccc2NC(=O)c2cc(C)oc2C)CC1. The minimum atomic E-state index is -0.121. The second-order valence-corrected chi connectivity index (χ2v) is 6.22. The molecule has 0 atom stereocenters. The standard InChI is InChI=1S/C19H25N3O2/c1-4-21-9-11-22(12-10-21)18-8-6-5-7-17(18)20-19(23)16-13-14(2)24-15(16)3/h5-8,13H,4,9-12H2,1-3H3,(H,20,23). The van der Waals surface area contributed by atoms with Crippen molar-refractivity contribution in [3.8, 4) is 0 Å². The van der Waals surface area contributed by atoms with E-state index in [1.807, 2.05) is 32.0 Å². The lowest BCUT2D eigenvalue weighted by Gasteiger charge is -2.36. The first-order chi connectivity index (χ1) is 11.6. The quantitative estimate of drug-likeness (QED) is 0.936. The Bertz CT molecular complexity index is 715. The summed E-state index contributed by atoms with van der Waals surface area (Å²) < 4.78 is 5.47. The summed E-state index contributed by atoms with van der Waals surface area (Å²) >= 11 is 0. The topological polar surface area (TPSA) is 48.7 Å². The van der Waals surface area contributed by atoms with E-state index in [0.29, 0.717) is 11.3 Å². The third-order valence-electron chi connectivity index (χ3n) is 4.60. The molecule has 1 aromatic carbocycles. The fraction of sp³-hybridized carbons (Fsp3) is 0.421. The molecule has 2 aromatic rings. The number of rotatable bonds is 4. The Hall–Kier alpha value is -2.27. The number of nitrogens with one attached hydrogen (secondary N) is 1. The molecule has 3 rings (SSSR count). The first kappa shape index (κ1) is 16.6. The molecule has 1 N–H and O–H groups in total. The molecule has 2 heterocycles. The largest absolute Gasteiger partial charge is 0.466 e. The number of hydrogen-bond acceptors (Lipinski definition) is 4. The zero-order valence-corrected chi connectivity index (χ0v) is 14.6. The highest BCUT2D eigenvalue weighted by atomic mass is 16.3. The first-order valence-electron chi connectivity index (χ1n) is 8.53. The lowest BCUT2D eigenvalue weighted by molar-refractivity contribution is 0.102. The summed E-state index contributed by atoms with van der Waals surface area (Å²) in [5.74, 6) is 1.28. The molecule has 1 amide bonds. The molecule has 1 aromatic heterocycles. The summed E-state index contributed by atoms with van der Waals surface area (Å²) in [7, 11) is 0. The molecule has 5 nitrogen and oxygen atoms in total. The van der Waals surface area contributed by atoms with E-state index in [0.717, 1.165) is 49.9 Å². The molecule has 5 heteroatoms. The van der Waals surface area contributed by atoms with Crippen LogP contribution in [0.4, 0.5) is 11.4 Å². The number of amides is 1. The van der Waals surface area contributed by atoms with Crippen molar-refractivity contribution in [2.24, 2.45) is 0 Å². The van der Waals surface area contributed by atoms with Crippen LogP contribution in [0.5, 0.6) is 0 Å². The number of hydrogen-bond donors (Lipinski definition) is 1. The van der Waals surface area contributed by atoms with Gasteiger partial charge in [0.25, 0.3) is 5.91 Å². The van der Waals surface area contributed by atoms with Crippen molar-refractivity contribution < 1.29 is 9.21 Å². The Kier molecular flexibility index (Phi) is 4.90. The van der Waals surface area contributed by atoms with Crippen LogP contribution in [-0.4, -0.2) is 43.5 Å². The lowest BCUT2D eigenvalue weighted by Crippen LogP contribution is -2.46. The van der Waals surface area contributed by atoms with Crippen LogP contribution in [0.1, 0.15) is 28.8 Å². The number of carbonyl (C=O) groups excluding carboxylic acids is 1. The van der Waals surface area contributed by atoms with Gasteiger partial charge in [-0.15, -0.1) is 0 Å². The molecular formula is C19H25N3O2. The number of benzene rings is 1. The van der Waals surface area contributed by atoms with Gasteiger partial charge in [0.15, 0.2) is 0 Å². The lowest BCUT2D eigenvalue weighted by atomic mass is 10.2. The van der Waals surface area contributed by atoms with Crippen molar-refractivity contribution in [2.45, 2.75) is 20.8 Å². The Morgan fingerprint density at radius 1 is 1.17 bits per heavy atom. The van der Waals surface area contributed by atoms with Gasteiger partial charge in [0, 0.05) is 26.2 Å². The summed E-state index contributed by atoms with van der Waals surface area (Å²) in [6.45, 7) is 11.0. The summed E-state index contributed by atoms with van der Waals surface area (Å²) in [5.41, 5.74) is 2.53. The highest BCUT2D eigenvalue weighted by molar-refractivity contribution is 6.06. The van der Waals surface area contributed by atoms with E-state index in [1.54, 1.807) is 6.07 Å². The maximum Gasteiger partial charge on any atom is 0.259 e.